The summed E-state index contributed by atoms with van der Waals surface area (Å²) in [4.78, 5) is 11.2. The number of amides is 1. The van der Waals surface area contributed by atoms with E-state index >= 15 is 0 Å². The van der Waals surface area contributed by atoms with Crippen LogP contribution in [0.4, 0.5) is 4.79 Å². The molecule has 168 valence electrons. The molecule has 30 heavy (non-hydrogen) atoms. The third kappa shape index (κ3) is 18.2. The standard InChI is InChI=1S/C13H19NO2.C8H11N.C4H9Br/c1-2-3-11-16-13(15)14-10-9-12-7-5-4-6-8-12;9-7-6-8-4-2-1-3-5-8;1-2-3-4-5/h4-8H,2-3,9-11H2,1H3,(H,14,15);1-5H,6-7,9H2;2-4H2,1H3. The predicted molar refractivity (Wildman–Crippen MR) is 132 cm³/mol. The molecule has 3 N–H and O–H groups in total. The second kappa shape index (κ2) is 21.8. The first-order valence-corrected chi connectivity index (χ1v) is 12.0. The monoisotopic (exact) mass is 478 g/mol. The van der Waals surface area contributed by atoms with Crippen molar-refractivity contribution in [3.05, 3.63) is 71.8 Å². The molecule has 0 aliphatic heterocycles. The number of rotatable bonds is 10. The highest BCUT2D eigenvalue weighted by Crippen LogP contribution is 1.98. The second-order valence-corrected chi connectivity index (χ2v) is 7.51. The van der Waals surface area contributed by atoms with Gasteiger partial charge in [-0.1, -0.05) is 103 Å². The fourth-order valence-corrected chi connectivity index (χ4v) is 2.82. The van der Waals surface area contributed by atoms with Gasteiger partial charge in [-0.2, -0.15) is 0 Å². The number of carbonyl (C=O) groups excluding carboxylic acids is 1. The minimum absolute atomic E-state index is 0.315. The van der Waals surface area contributed by atoms with Gasteiger partial charge in [0.1, 0.15) is 0 Å². The molecule has 0 radical (unpaired) electrons. The number of hydrogen-bond donors (Lipinski definition) is 2. The molecule has 0 aliphatic carbocycles. The molecule has 0 spiro atoms. The van der Waals surface area contributed by atoms with Crippen LogP contribution in [0.5, 0.6) is 0 Å². The highest BCUT2D eigenvalue weighted by Gasteiger charge is 2.00. The van der Waals surface area contributed by atoms with Crippen molar-refractivity contribution in [1.82, 2.24) is 5.32 Å². The quantitative estimate of drug-likeness (QED) is 0.319. The molecule has 0 bridgehead atoms. The molecular weight excluding hydrogens is 440 g/mol. The Morgan fingerprint density at radius 1 is 0.900 bits per heavy atom. The Labute approximate surface area is 191 Å². The number of nitrogens with two attached hydrogens (primary N) is 1. The van der Waals surface area contributed by atoms with Crippen molar-refractivity contribution in [2.75, 3.05) is 25.0 Å². The van der Waals surface area contributed by atoms with Crippen LogP contribution >= 0.6 is 15.9 Å². The Morgan fingerprint density at radius 3 is 1.87 bits per heavy atom. The molecule has 0 aromatic heterocycles. The Hall–Kier alpha value is -1.85. The van der Waals surface area contributed by atoms with Gasteiger partial charge in [0.05, 0.1) is 6.61 Å². The zero-order valence-corrected chi connectivity index (χ0v) is 20.2. The maximum Gasteiger partial charge on any atom is 0.407 e. The zero-order chi connectivity index (χ0) is 22.3. The Morgan fingerprint density at radius 2 is 1.43 bits per heavy atom. The normalized spacial score (nSPS) is 9.47. The summed E-state index contributed by atoms with van der Waals surface area (Å²) >= 11 is 3.31. The van der Waals surface area contributed by atoms with Crippen LogP contribution in [0, 0.1) is 0 Å². The van der Waals surface area contributed by atoms with Gasteiger partial charge >= 0.3 is 6.09 Å². The fraction of sp³-hybridized carbons (Fsp3) is 0.480. The molecule has 5 heteroatoms. The van der Waals surface area contributed by atoms with E-state index in [1.807, 2.05) is 48.5 Å². The van der Waals surface area contributed by atoms with Gasteiger partial charge in [0, 0.05) is 11.9 Å². The molecule has 2 rings (SSSR count). The predicted octanol–water partition coefficient (Wildman–Crippen LogP) is 6.12. The van der Waals surface area contributed by atoms with E-state index in [9.17, 15) is 4.79 Å². The van der Waals surface area contributed by atoms with Gasteiger partial charge in [-0.25, -0.2) is 4.79 Å². The van der Waals surface area contributed by atoms with Crippen molar-refractivity contribution < 1.29 is 9.53 Å². The van der Waals surface area contributed by atoms with Crippen LogP contribution < -0.4 is 11.1 Å². The van der Waals surface area contributed by atoms with Crippen LogP contribution in [0.3, 0.4) is 0 Å². The number of ether oxygens (including phenoxy) is 1. The fourth-order valence-electron chi connectivity index (χ4n) is 2.26. The highest BCUT2D eigenvalue weighted by molar-refractivity contribution is 9.09. The van der Waals surface area contributed by atoms with Crippen molar-refractivity contribution in [3.8, 4) is 0 Å². The SMILES string of the molecule is CCCCBr.CCCCOC(=O)NCCc1ccccc1.NCCc1ccccc1. The molecule has 0 atom stereocenters. The first-order chi connectivity index (χ1) is 14.7. The lowest BCUT2D eigenvalue weighted by molar-refractivity contribution is 0.144. The zero-order valence-electron chi connectivity index (χ0n) is 18.6. The van der Waals surface area contributed by atoms with Gasteiger partial charge < -0.3 is 15.8 Å². The van der Waals surface area contributed by atoms with Crippen molar-refractivity contribution in [1.29, 1.82) is 0 Å². The van der Waals surface area contributed by atoms with Gasteiger partial charge in [0.15, 0.2) is 0 Å². The number of hydrogen-bond acceptors (Lipinski definition) is 3. The summed E-state index contributed by atoms with van der Waals surface area (Å²) in [5, 5.41) is 3.89. The smallest absolute Gasteiger partial charge is 0.407 e. The Balaban J connectivity index is 0.000000502. The summed E-state index contributed by atoms with van der Waals surface area (Å²) in [5.41, 5.74) is 7.90. The third-order valence-electron chi connectivity index (χ3n) is 4.02. The summed E-state index contributed by atoms with van der Waals surface area (Å²) in [5.74, 6) is 0. The van der Waals surface area contributed by atoms with Gasteiger partial charge in [-0.05, 0) is 43.4 Å². The van der Waals surface area contributed by atoms with Crippen molar-refractivity contribution in [3.63, 3.8) is 0 Å². The molecule has 0 saturated carbocycles. The van der Waals surface area contributed by atoms with Gasteiger partial charge in [-0.15, -0.1) is 0 Å². The number of halogens is 1. The molecule has 0 heterocycles. The maximum atomic E-state index is 11.2. The molecular formula is C25H39BrN2O2. The molecule has 0 aliphatic rings. The number of unbranched alkanes of at least 4 members (excludes halogenated alkanes) is 2. The van der Waals surface area contributed by atoms with E-state index in [-0.39, 0.29) is 6.09 Å². The molecule has 0 unspecified atom stereocenters. The first kappa shape index (κ1) is 28.1. The number of alkyl carbamates (subject to hydrolysis) is 1. The van der Waals surface area contributed by atoms with Crippen LogP contribution in [0.2, 0.25) is 0 Å². The molecule has 1 amide bonds. The highest BCUT2D eigenvalue weighted by atomic mass is 79.9. The lowest BCUT2D eigenvalue weighted by atomic mass is 10.1. The topological polar surface area (TPSA) is 64.3 Å². The summed E-state index contributed by atoms with van der Waals surface area (Å²) in [6.07, 6.45) is 6.07. The van der Waals surface area contributed by atoms with E-state index in [1.165, 1.54) is 24.0 Å². The van der Waals surface area contributed by atoms with Gasteiger partial charge in [0.2, 0.25) is 0 Å². The minimum atomic E-state index is -0.315. The van der Waals surface area contributed by atoms with Crippen molar-refractivity contribution in [2.24, 2.45) is 5.73 Å². The van der Waals surface area contributed by atoms with Gasteiger partial charge in [-0.3, -0.25) is 0 Å². The lowest BCUT2D eigenvalue weighted by Gasteiger charge is -2.06. The van der Waals surface area contributed by atoms with Crippen LogP contribution in [-0.2, 0) is 17.6 Å². The average molecular weight is 480 g/mol. The average Bonchev–Trinajstić information content (AvgIpc) is 2.77. The van der Waals surface area contributed by atoms with E-state index in [4.69, 9.17) is 10.5 Å². The minimum Gasteiger partial charge on any atom is -0.450 e. The number of benzene rings is 2. The van der Waals surface area contributed by atoms with Gasteiger partial charge in [0.25, 0.3) is 0 Å². The lowest BCUT2D eigenvalue weighted by Crippen LogP contribution is -2.26. The third-order valence-corrected chi connectivity index (χ3v) is 4.58. The van der Waals surface area contributed by atoms with Crippen LogP contribution in [-0.4, -0.2) is 31.1 Å². The summed E-state index contributed by atoms with van der Waals surface area (Å²) < 4.78 is 4.97. The molecule has 0 saturated heterocycles. The Kier molecular flexibility index (Phi) is 20.5. The summed E-state index contributed by atoms with van der Waals surface area (Å²) in [7, 11) is 0. The van der Waals surface area contributed by atoms with Crippen LogP contribution in [0.25, 0.3) is 0 Å². The second-order valence-electron chi connectivity index (χ2n) is 6.72. The van der Waals surface area contributed by atoms with E-state index in [0.717, 1.165) is 37.6 Å². The first-order valence-electron chi connectivity index (χ1n) is 10.9. The summed E-state index contributed by atoms with van der Waals surface area (Å²) in [6.45, 7) is 6.12. The molecule has 4 nitrogen and oxygen atoms in total. The van der Waals surface area contributed by atoms with E-state index in [1.54, 1.807) is 0 Å². The molecule has 2 aromatic carbocycles. The number of nitrogens with one attached hydrogen (secondary N) is 1. The van der Waals surface area contributed by atoms with Crippen molar-refractivity contribution >= 4 is 22.0 Å². The van der Waals surface area contributed by atoms with E-state index < -0.39 is 0 Å². The van der Waals surface area contributed by atoms with E-state index in [0.29, 0.717) is 13.2 Å². The Bertz CT molecular complexity index is 607. The molecule has 0 fully saturated rings. The largest absolute Gasteiger partial charge is 0.450 e. The number of alkyl halides is 1. The van der Waals surface area contributed by atoms with Crippen molar-refractivity contribution in [2.45, 2.75) is 52.4 Å². The van der Waals surface area contributed by atoms with Crippen LogP contribution in [0.15, 0.2) is 60.7 Å². The maximum absolute atomic E-state index is 11.2. The number of carbonyl (C=O) groups is 1. The molecule has 2 aromatic rings. The van der Waals surface area contributed by atoms with Crippen LogP contribution in [0.1, 0.15) is 50.7 Å². The summed E-state index contributed by atoms with van der Waals surface area (Å²) in [6, 6.07) is 20.3. The van der Waals surface area contributed by atoms with E-state index in [2.05, 4.69) is 47.2 Å².